The van der Waals surface area contributed by atoms with Gasteiger partial charge in [-0.2, -0.15) is 0 Å². The van der Waals surface area contributed by atoms with E-state index in [-0.39, 0.29) is 5.91 Å². The Morgan fingerprint density at radius 2 is 1.89 bits per heavy atom. The summed E-state index contributed by atoms with van der Waals surface area (Å²) < 4.78 is 11.9. The maximum absolute atomic E-state index is 13.2. The van der Waals surface area contributed by atoms with Crippen molar-refractivity contribution >= 4 is 22.4 Å². The molecule has 2 aromatic carbocycles. The monoisotopic (exact) mass is 495 g/mol. The molecule has 0 unspecified atom stereocenters. The molecule has 1 aliphatic rings. The van der Waals surface area contributed by atoms with E-state index in [2.05, 4.69) is 53.2 Å². The maximum atomic E-state index is 13.2. The molecule has 190 valence electrons. The highest BCUT2D eigenvalue weighted by atomic mass is 16.5. The second-order valence-corrected chi connectivity index (χ2v) is 9.58. The number of fused-ring (bicyclic) bond motifs is 1. The van der Waals surface area contributed by atoms with Crippen LogP contribution >= 0.6 is 0 Å². The number of ether oxygens (including phenoxy) is 1. The molecule has 5 rings (SSSR count). The summed E-state index contributed by atoms with van der Waals surface area (Å²) in [6.45, 7) is 10.5. The van der Waals surface area contributed by atoms with Crippen molar-refractivity contribution in [1.29, 1.82) is 0 Å². The number of rotatable bonds is 7. The van der Waals surface area contributed by atoms with E-state index < -0.39 is 0 Å². The molecule has 4 aromatic rings. The van der Waals surface area contributed by atoms with Crippen molar-refractivity contribution in [3.05, 3.63) is 90.0 Å². The van der Waals surface area contributed by atoms with Crippen LogP contribution in [0.25, 0.3) is 27.7 Å². The van der Waals surface area contributed by atoms with E-state index in [0.717, 1.165) is 58.6 Å². The van der Waals surface area contributed by atoms with E-state index in [0.29, 0.717) is 19.7 Å². The fraction of sp³-hybridized carbons (Fsp3) is 0.290. The summed E-state index contributed by atoms with van der Waals surface area (Å²) in [6, 6.07) is 16.5. The molecule has 0 aliphatic carbocycles. The zero-order chi connectivity index (χ0) is 25.8. The van der Waals surface area contributed by atoms with Crippen molar-refractivity contribution in [2.75, 3.05) is 32.8 Å². The van der Waals surface area contributed by atoms with Gasteiger partial charge in [0.15, 0.2) is 0 Å². The summed E-state index contributed by atoms with van der Waals surface area (Å²) in [5.74, 6) is 0.759. The summed E-state index contributed by atoms with van der Waals surface area (Å²) >= 11 is 0. The lowest BCUT2D eigenvalue weighted by molar-refractivity contribution is -0.127. The van der Waals surface area contributed by atoms with Gasteiger partial charge in [-0.1, -0.05) is 35.9 Å². The summed E-state index contributed by atoms with van der Waals surface area (Å²) in [5.41, 5.74) is 7.10. The first kappa shape index (κ1) is 24.8. The number of nitrogens with zero attached hydrogens (tertiary/aromatic N) is 3. The number of benzene rings is 2. The minimum absolute atomic E-state index is 0.0343. The highest BCUT2D eigenvalue weighted by Crippen LogP contribution is 2.37. The number of furan rings is 1. The Bertz CT molecular complexity index is 1400. The van der Waals surface area contributed by atoms with E-state index in [1.54, 1.807) is 18.5 Å². The minimum Gasteiger partial charge on any atom is -0.493 e. The number of amides is 1. The van der Waals surface area contributed by atoms with Crippen molar-refractivity contribution in [3.63, 3.8) is 0 Å². The summed E-state index contributed by atoms with van der Waals surface area (Å²) in [6.07, 6.45) is 7.23. The van der Waals surface area contributed by atoms with Crippen LogP contribution in [0, 0.1) is 6.92 Å². The molecule has 0 spiro atoms. The van der Waals surface area contributed by atoms with Crippen molar-refractivity contribution in [1.82, 2.24) is 14.8 Å². The van der Waals surface area contributed by atoms with Gasteiger partial charge in [-0.05, 0) is 49.6 Å². The first-order valence-electron chi connectivity index (χ1n) is 12.9. The average Bonchev–Trinajstić information content (AvgIpc) is 3.32. The fourth-order valence-corrected chi connectivity index (χ4v) is 4.83. The largest absolute Gasteiger partial charge is 0.493 e. The Morgan fingerprint density at radius 1 is 1.11 bits per heavy atom. The average molecular weight is 496 g/mol. The van der Waals surface area contributed by atoms with Gasteiger partial charge in [-0.25, -0.2) is 0 Å². The molecule has 0 N–H and O–H groups in total. The molecule has 2 aromatic heterocycles. The lowest BCUT2D eigenvalue weighted by atomic mass is 9.98. The summed E-state index contributed by atoms with van der Waals surface area (Å²) in [4.78, 5) is 21.7. The number of pyridine rings is 1. The molecule has 1 saturated heterocycles. The van der Waals surface area contributed by atoms with E-state index in [1.165, 1.54) is 11.1 Å². The minimum atomic E-state index is 0.0343. The number of hydrogen-bond acceptors (Lipinski definition) is 5. The molecule has 0 atom stereocenters. The van der Waals surface area contributed by atoms with Gasteiger partial charge in [0, 0.05) is 73.8 Å². The number of aryl methyl sites for hydroxylation is 1. The van der Waals surface area contributed by atoms with E-state index in [1.807, 2.05) is 37.1 Å². The Labute approximate surface area is 218 Å². The van der Waals surface area contributed by atoms with E-state index in [4.69, 9.17) is 9.15 Å². The Hall–Kier alpha value is -3.90. The molecule has 37 heavy (non-hydrogen) atoms. The van der Waals surface area contributed by atoms with Gasteiger partial charge in [-0.15, -0.1) is 0 Å². The molecular weight excluding hydrogens is 462 g/mol. The highest BCUT2D eigenvalue weighted by molar-refractivity contribution is 6.00. The third-order valence-electron chi connectivity index (χ3n) is 6.92. The quantitative estimate of drug-likeness (QED) is 0.297. The smallest absolute Gasteiger partial charge is 0.246 e. The summed E-state index contributed by atoms with van der Waals surface area (Å²) in [5, 5.41) is 1.01. The van der Waals surface area contributed by atoms with Crippen molar-refractivity contribution < 1.29 is 13.9 Å². The number of aromatic nitrogens is 1. The molecule has 6 heteroatoms. The van der Waals surface area contributed by atoms with Gasteiger partial charge < -0.3 is 14.1 Å². The van der Waals surface area contributed by atoms with E-state index in [9.17, 15) is 4.79 Å². The lowest BCUT2D eigenvalue weighted by Crippen LogP contribution is -2.47. The van der Waals surface area contributed by atoms with Gasteiger partial charge in [0.05, 0.1) is 12.9 Å². The fourth-order valence-electron chi connectivity index (χ4n) is 4.83. The molecule has 6 nitrogen and oxygen atoms in total. The Balaban J connectivity index is 1.35. The normalized spacial score (nSPS) is 14.8. The predicted octanol–water partition coefficient (Wildman–Crippen LogP) is 5.95. The molecule has 1 fully saturated rings. The second-order valence-electron chi connectivity index (χ2n) is 9.58. The van der Waals surface area contributed by atoms with Gasteiger partial charge in [-0.3, -0.25) is 14.7 Å². The zero-order valence-electron chi connectivity index (χ0n) is 21.7. The first-order chi connectivity index (χ1) is 18.0. The first-order valence-corrected chi connectivity index (χ1v) is 12.9. The highest BCUT2D eigenvalue weighted by Gasteiger charge is 2.21. The number of allylic oxidation sites excluding steroid dienone is 1. The molecular formula is C31H33N3O3. The standard InChI is InChI=1S/C31H33N3O3/c1-4-36-29-18-30-27(28(21-37-30)25-9-7-22(2)8-10-25)17-26(29)23(3)16-31(35)34-14-12-33(13-15-34)20-24-6-5-11-32-19-24/h5-11,16-19,21H,4,12-15,20H2,1-3H3/b23-16+. The molecule has 1 aliphatic heterocycles. The van der Waals surface area contributed by atoms with Crippen LogP contribution in [0.3, 0.4) is 0 Å². The third-order valence-corrected chi connectivity index (χ3v) is 6.92. The van der Waals surface area contributed by atoms with Crippen molar-refractivity contribution in [2.24, 2.45) is 0 Å². The SMILES string of the molecule is CCOc1cc2occ(-c3ccc(C)cc3)c2cc1/C(C)=C/C(=O)N1CCN(Cc2cccnc2)CC1. The van der Waals surface area contributed by atoms with Gasteiger partial charge in [0.2, 0.25) is 5.91 Å². The zero-order valence-corrected chi connectivity index (χ0v) is 21.7. The molecule has 1 amide bonds. The molecule has 0 bridgehead atoms. The predicted molar refractivity (Wildman–Crippen MR) is 147 cm³/mol. The molecule has 3 heterocycles. The van der Waals surface area contributed by atoms with E-state index >= 15 is 0 Å². The van der Waals surface area contributed by atoms with Crippen LogP contribution in [0.4, 0.5) is 0 Å². The van der Waals surface area contributed by atoms with Crippen LogP contribution in [0.5, 0.6) is 5.75 Å². The Morgan fingerprint density at radius 3 is 2.59 bits per heavy atom. The number of carbonyl (C=O) groups excluding carboxylic acids is 1. The van der Waals surface area contributed by atoms with Crippen molar-refractivity contribution in [3.8, 4) is 16.9 Å². The van der Waals surface area contributed by atoms with Gasteiger partial charge in [0.1, 0.15) is 11.3 Å². The van der Waals surface area contributed by atoms with Gasteiger partial charge in [0.25, 0.3) is 0 Å². The molecule has 0 radical (unpaired) electrons. The second kappa shape index (κ2) is 11.0. The number of carbonyl (C=O) groups is 1. The van der Waals surface area contributed by atoms with Crippen LogP contribution < -0.4 is 4.74 Å². The lowest BCUT2D eigenvalue weighted by Gasteiger charge is -2.34. The number of hydrogen-bond donors (Lipinski definition) is 0. The van der Waals surface area contributed by atoms with Crippen LogP contribution in [0.1, 0.15) is 30.5 Å². The number of piperazine rings is 1. The molecule has 0 saturated carbocycles. The van der Waals surface area contributed by atoms with Crippen LogP contribution in [0.15, 0.2) is 77.7 Å². The van der Waals surface area contributed by atoms with Crippen LogP contribution in [0.2, 0.25) is 0 Å². The Kier molecular flexibility index (Phi) is 7.37. The summed E-state index contributed by atoms with van der Waals surface area (Å²) in [7, 11) is 0. The maximum Gasteiger partial charge on any atom is 0.246 e. The van der Waals surface area contributed by atoms with Gasteiger partial charge >= 0.3 is 0 Å². The topological polar surface area (TPSA) is 58.8 Å². The third kappa shape index (κ3) is 5.59. The van der Waals surface area contributed by atoms with Crippen LogP contribution in [-0.2, 0) is 11.3 Å². The van der Waals surface area contributed by atoms with Crippen LogP contribution in [-0.4, -0.2) is 53.5 Å². The van der Waals surface area contributed by atoms with Crippen molar-refractivity contribution in [2.45, 2.75) is 27.3 Å².